The largest absolute Gasteiger partial charge is 0.322 e. The molecule has 150 valence electrons. The molecule has 0 bridgehead atoms. The van der Waals surface area contributed by atoms with E-state index >= 15 is 0 Å². The molecule has 1 amide bonds. The van der Waals surface area contributed by atoms with Crippen LogP contribution in [-0.4, -0.2) is 24.3 Å². The van der Waals surface area contributed by atoms with Gasteiger partial charge in [-0.15, -0.1) is 0 Å². The number of carbonyl (C=O) groups is 1. The summed E-state index contributed by atoms with van der Waals surface area (Å²) >= 11 is 0. The molecule has 0 aliphatic heterocycles. The molecule has 0 fully saturated rings. The Bertz CT molecular complexity index is 1130. The third-order valence-corrected chi connectivity index (χ3v) is 5.48. The Labute approximate surface area is 170 Å². The number of nitrogens with zero attached hydrogens (tertiary/aromatic N) is 2. The van der Waals surface area contributed by atoms with E-state index < -0.39 is 10.0 Å². The number of carbonyl (C=O) groups excluding carboxylic acids is 1. The summed E-state index contributed by atoms with van der Waals surface area (Å²) in [6, 6.07) is 13.1. The summed E-state index contributed by atoms with van der Waals surface area (Å²) in [7, 11) is -3.81. The zero-order valence-electron chi connectivity index (χ0n) is 16.6. The highest BCUT2D eigenvalue weighted by Gasteiger charge is 2.16. The molecular formula is C21H22N4O3S. The minimum Gasteiger partial charge on any atom is -0.322 e. The lowest BCUT2D eigenvalue weighted by atomic mass is 10.1. The second kappa shape index (κ2) is 8.00. The Morgan fingerprint density at radius 1 is 0.862 bits per heavy atom. The maximum absolute atomic E-state index is 12.6. The molecule has 8 heteroatoms. The second-order valence-electron chi connectivity index (χ2n) is 6.90. The number of nitrogens with one attached hydrogen (secondary N) is 2. The number of aryl methyl sites for hydroxylation is 4. The molecule has 0 saturated heterocycles. The van der Waals surface area contributed by atoms with Gasteiger partial charge in [-0.2, -0.15) is 0 Å². The number of anilines is 2. The van der Waals surface area contributed by atoms with Crippen molar-refractivity contribution in [3.8, 4) is 0 Å². The first-order chi connectivity index (χ1) is 13.6. The normalized spacial score (nSPS) is 11.2. The van der Waals surface area contributed by atoms with Gasteiger partial charge in [-0.3, -0.25) is 9.52 Å². The molecule has 0 aliphatic rings. The van der Waals surface area contributed by atoms with E-state index in [4.69, 9.17) is 0 Å². The van der Waals surface area contributed by atoms with Crippen molar-refractivity contribution in [2.24, 2.45) is 0 Å². The van der Waals surface area contributed by atoms with Crippen LogP contribution in [0.15, 0.2) is 53.4 Å². The quantitative estimate of drug-likeness (QED) is 0.667. The van der Waals surface area contributed by atoms with E-state index in [9.17, 15) is 13.2 Å². The van der Waals surface area contributed by atoms with Gasteiger partial charge in [0, 0.05) is 23.0 Å². The monoisotopic (exact) mass is 410 g/mol. The van der Waals surface area contributed by atoms with Gasteiger partial charge in [0.05, 0.1) is 4.90 Å². The Balaban J connectivity index is 1.75. The van der Waals surface area contributed by atoms with E-state index in [1.165, 1.54) is 12.1 Å². The zero-order chi connectivity index (χ0) is 21.2. The molecule has 29 heavy (non-hydrogen) atoms. The van der Waals surface area contributed by atoms with Crippen molar-refractivity contribution in [2.75, 3.05) is 10.0 Å². The number of amides is 1. The van der Waals surface area contributed by atoms with Crippen LogP contribution in [0.25, 0.3) is 0 Å². The van der Waals surface area contributed by atoms with E-state index in [-0.39, 0.29) is 16.6 Å². The zero-order valence-corrected chi connectivity index (χ0v) is 17.5. The van der Waals surface area contributed by atoms with Crippen molar-refractivity contribution >= 4 is 27.4 Å². The van der Waals surface area contributed by atoms with Gasteiger partial charge in [-0.25, -0.2) is 18.4 Å². The van der Waals surface area contributed by atoms with E-state index in [0.29, 0.717) is 22.8 Å². The van der Waals surface area contributed by atoms with Crippen molar-refractivity contribution in [2.45, 2.75) is 32.6 Å². The fourth-order valence-electron chi connectivity index (χ4n) is 2.99. The van der Waals surface area contributed by atoms with Crippen LogP contribution in [0.4, 0.5) is 11.5 Å². The lowest BCUT2D eigenvalue weighted by Crippen LogP contribution is -2.15. The maximum Gasteiger partial charge on any atom is 0.263 e. The summed E-state index contributed by atoms with van der Waals surface area (Å²) in [5, 5.41) is 2.78. The highest BCUT2D eigenvalue weighted by Crippen LogP contribution is 2.19. The van der Waals surface area contributed by atoms with Gasteiger partial charge in [0.25, 0.3) is 15.9 Å². The van der Waals surface area contributed by atoms with Gasteiger partial charge in [-0.1, -0.05) is 17.2 Å². The number of hydrogen-bond acceptors (Lipinski definition) is 5. The van der Waals surface area contributed by atoms with E-state index in [2.05, 4.69) is 20.0 Å². The molecule has 0 radical (unpaired) electrons. The van der Waals surface area contributed by atoms with Crippen LogP contribution < -0.4 is 10.0 Å². The Morgan fingerprint density at radius 3 is 2.07 bits per heavy atom. The summed E-state index contributed by atoms with van der Waals surface area (Å²) in [5.74, 6) is 0.437. The number of sulfonamides is 1. The molecule has 2 aromatic carbocycles. The van der Waals surface area contributed by atoms with Gasteiger partial charge in [0.15, 0.2) is 0 Å². The molecule has 0 unspecified atom stereocenters. The standard InChI is InChI=1S/C21H22N4O3S/c1-13-9-14(2)11-17(10-13)21(26)24-18-5-7-19(8-6-18)29(27,28)25-20-12-15(3)22-16(4)23-20/h5-12H,1-4H3,(H,24,26)(H,22,23,25). The molecule has 7 nitrogen and oxygen atoms in total. The SMILES string of the molecule is Cc1cc(C)cc(C(=O)Nc2ccc(S(=O)(=O)Nc3cc(C)nc(C)n3)cc2)c1. The predicted octanol–water partition coefficient (Wildman–Crippen LogP) is 3.76. The van der Waals surface area contributed by atoms with E-state index in [1.807, 2.05) is 19.9 Å². The highest BCUT2D eigenvalue weighted by atomic mass is 32.2. The Kier molecular flexibility index (Phi) is 5.65. The Morgan fingerprint density at radius 2 is 1.48 bits per heavy atom. The van der Waals surface area contributed by atoms with Crippen LogP contribution in [0.5, 0.6) is 0 Å². The van der Waals surface area contributed by atoms with Crippen molar-refractivity contribution < 1.29 is 13.2 Å². The molecule has 1 heterocycles. The number of aromatic nitrogens is 2. The van der Waals surface area contributed by atoms with Crippen LogP contribution >= 0.6 is 0 Å². The predicted molar refractivity (Wildman–Crippen MR) is 113 cm³/mol. The minimum absolute atomic E-state index is 0.0656. The van der Waals surface area contributed by atoms with Gasteiger partial charge in [0.2, 0.25) is 0 Å². The summed E-state index contributed by atoms with van der Waals surface area (Å²) < 4.78 is 27.6. The third kappa shape index (κ3) is 5.17. The smallest absolute Gasteiger partial charge is 0.263 e. The van der Waals surface area contributed by atoms with E-state index in [1.54, 1.807) is 44.2 Å². The lowest BCUT2D eigenvalue weighted by molar-refractivity contribution is 0.102. The molecule has 0 aliphatic carbocycles. The molecule has 3 rings (SSSR count). The topological polar surface area (TPSA) is 101 Å². The second-order valence-corrected chi connectivity index (χ2v) is 8.58. The first-order valence-corrected chi connectivity index (χ1v) is 10.5. The van der Waals surface area contributed by atoms with Crippen molar-refractivity contribution in [3.05, 3.63) is 76.7 Å². The molecular weight excluding hydrogens is 388 g/mol. The third-order valence-electron chi connectivity index (χ3n) is 4.11. The van der Waals surface area contributed by atoms with E-state index in [0.717, 1.165) is 11.1 Å². The highest BCUT2D eigenvalue weighted by molar-refractivity contribution is 7.92. The summed E-state index contributed by atoms with van der Waals surface area (Å²) in [5.41, 5.74) is 3.72. The van der Waals surface area contributed by atoms with Gasteiger partial charge < -0.3 is 5.32 Å². The minimum atomic E-state index is -3.81. The van der Waals surface area contributed by atoms with Crippen LogP contribution in [0.3, 0.4) is 0 Å². The van der Waals surface area contributed by atoms with Gasteiger partial charge in [-0.05, 0) is 64.1 Å². The molecule has 1 aromatic heterocycles. The molecule has 0 saturated carbocycles. The fourth-order valence-corrected chi connectivity index (χ4v) is 3.98. The summed E-state index contributed by atoms with van der Waals surface area (Å²) in [6.45, 7) is 7.31. The number of rotatable bonds is 5. The van der Waals surface area contributed by atoms with Crippen LogP contribution in [0.2, 0.25) is 0 Å². The average Bonchev–Trinajstić information content (AvgIpc) is 2.60. The van der Waals surface area contributed by atoms with Crippen LogP contribution in [-0.2, 0) is 10.0 Å². The van der Waals surface area contributed by atoms with Crippen LogP contribution in [0.1, 0.15) is 33.0 Å². The first-order valence-electron chi connectivity index (χ1n) is 8.97. The first kappa shape index (κ1) is 20.5. The van der Waals surface area contributed by atoms with Crippen LogP contribution in [0, 0.1) is 27.7 Å². The Hall–Kier alpha value is -3.26. The number of benzene rings is 2. The molecule has 2 N–H and O–H groups in total. The lowest BCUT2D eigenvalue weighted by Gasteiger charge is -2.10. The van der Waals surface area contributed by atoms with Crippen molar-refractivity contribution in [1.29, 1.82) is 0 Å². The fraction of sp³-hybridized carbons (Fsp3) is 0.190. The van der Waals surface area contributed by atoms with Crippen molar-refractivity contribution in [3.63, 3.8) is 0 Å². The summed E-state index contributed by atoms with van der Waals surface area (Å²) in [4.78, 5) is 20.7. The van der Waals surface area contributed by atoms with Gasteiger partial charge in [0.1, 0.15) is 11.6 Å². The van der Waals surface area contributed by atoms with Gasteiger partial charge >= 0.3 is 0 Å². The average molecular weight is 410 g/mol. The molecule has 3 aromatic rings. The van der Waals surface area contributed by atoms with Crippen molar-refractivity contribution in [1.82, 2.24) is 9.97 Å². The number of hydrogen-bond donors (Lipinski definition) is 2. The molecule has 0 spiro atoms. The summed E-state index contributed by atoms with van der Waals surface area (Å²) in [6.07, 6.45) is 0. The molecule has 0 atom stereocenters. The maximum atomic E-state index is 12.6.